The molecule has 1 fully saturated rings. The van der Waals surface area contributed by atoms with Crippen LogP contribution in [0.4, 0.5) is 10.2 Å². The first-order valence-corrected chi connectivity index (χ1v) is 7.81. The van der Waals surface area contributed by atoms with E-state index in [2.05, 4.69) is 9.72 Å². The molecule has 0 aliphatic heterocycles. The second-order valence-electron chi connectivity index (χ2n) is 5.87. The zero-order chi connectivity index (χ0) is 14.9. The third-order valence-corrected chi connectivity index (χ3v) is 4.34. The zero-order valence-corrected chi connectivity index (χ0v) is 12.3. The number of nitrogens with one attached hydrogen (secondary N) is 1. The van der Waals surface area contributed by atoms with Gasteiger partial charge < -0.3 is 5.32 Å². The summed E-state index contributed by atoms with van der Waals surface area (Å²) >= 11 is 0. The molecule has 1 aromatic carbocycles. The average Bonchev–Trinajstić information content (AvgIpc) is 3.17. The molecule has 0 atom stereocenters. The van der Waals surface area contributed by atoms with Gasteiger partial charge in [-0.3, -0.25) is 4.40 Å². The smallest absolute Gasteiger partial charge is 0.139 e. The van der Waals surface area contributed by atoms with Crippen LogP contribution in [-0.2, 0) is 0 Å². The van der Waals surface area contributed by atoms with Gasteiger partial charge in [-0.15, -0.1) is 0 Å². The van der Waals surface area contributed by atoms with Crippen molar-refractivity contribution >= 4 is 11.5 Å². The lowest BCUT2D eigenvalue weighted by Gasteiger charge is -2.14. The van der Waals surface area contributed by atoms with Gasteiger partial charge in [-0.2, -0.15) is 0 Å². The Morgan fingerprint density at radius 2 is 1.82 bits per heavy atom. The standard InChI is InChI=1S/C18H18FN3/c19-14-10-8-13(9-11-14)17-18(20-15-5-1-2-6-15)22-12-4-3-7-16(22)21-17/h3-4,7-12,15,20H,1-2,5-6H2. The lowest BCUT2D eigenvalue weighted by Crippen LogP contribution is -2.16. The molecule has 1 aliphatic rings. The molecule has 2 aromatic heterocycles. The lowest BCUT2D eigenvalue weighted by atomic mass is 10.1. The minimum atomic E-state index is -0.224. The van der Waals surface area contributed by atoms with Crippen LogP contribution >= 0.6 is 0 Å². The maximum Gasteiger partial charge on any atom is 0.139 e. The fourth-order valence-corrected chi connectivity index (χ4v) is 3.21. The van der Waals surface area contributed by atoms with E-state index in [0.29, 0.717) is 6.04 Å². The zero-order valence-electron chi connectivity index (χ0n) is 12.3. The van der Waals surface area contributed by atoms with Gasteiger partial charge in [0.1, 0.15) is 23.0 Å². The molecule has 3 aromatic rings. The van der Waals surface area contributed by atoms with Crippen LogP contribution in [0.25, 0.3) is 16.9 Å². The number of benzene rings is 1. The highest BCUT2D eigenvalue weighted by atomic mass is 19.1. The predicted octanol–water partition coefficient (Wildman–Crippen LogP) is 4.49. The van der Waals surface area contributed by atoms with Gasteiger partial charge in [0.15, 0.2) is 0 Å². The van der Waals surface area contributed by atoms with Gasteiger partial charge in [0.2, 0.25) is 0 Å². The second kappa shape index (κ2) is 5.44. The number of fused-ring (bicyclic) bond motifs is 1. The Kier molecular flexibility index (Phi) is 3.29. The van der Waals surface area contributed by atoms with Crippen molar-refractivity contribution in [1.82, 2.24) is 9.38 Å². The van der Waals surface area contributed by atoms with E-state index in [-0.39, 0.29) is 5.82 Å². The Bertz CT molecular complexity index is 786. The molecular formula is C18H18FN3. The first kappa shape index (κ1) is 13.3. The van der Waals surface area contributed by atoms with Crippen molar-refractivity contribution in [3.8, 4) is 11.3 Å². The van der Waals surface area contributed by atoms with Crippen molar-refractivity contribution in [1.29, 1.82) is 0 Å². The van der Waals surface area contributed by atoms with Crippen molar-refractivity contribution < 1.29 is 4.39 Å². The molecule has 0 unspecified atom stereocenters. The Hall–Kier alpha value is -2.36. The molecule has 2 heterocycles. The number of halogens is 1. The molecular weight excluding hydrogens is 277 g/mol. The van der Waals surface area contributed by atoms with Crippen molar-refractivity contribution in [3.63, 3.8) is 0 Å². The normalized spacial score (nSPS) is 15.5. The molecule has 1 saturated carbocycles. The highest BCUT2D eigenvalue weighted by Gasteiger charge is 2.20. The van der Waals surface area contributed by atoms with Crippen LogP contribution in [0.3, 0.4) is 0 Å². The lowest BCUT2D eigenvalue weighted by molar-refractivity contribution is 0.628. The van der Waals surface area contributed by atoms with Crippen LogP contribution in [0.5, 0.6) is 0 Å². The fourth-order valence-electron chi connectivity index (χ4n) is 3.21. The molecule has 0 radical (unpaired) electrons. The summed E-state index contributed by atoms with van der Waals surface area (Å²) in [5, 5.41) is 3.65. The average molecular weight is 295 g/mol. The van der Waals surface area contributed by atoms with E-state index in [9.17, 15) is 4.39 Å². The number of hydrogen-bond acceptors (Lipinski definition) is 2. The predicted molar refractivity (Wildman–Crippen MR) is 86.5 cm³/mol. The van der Waals surface area contributed by atoms with E-state index in [1.54, 1.807) is 12.1 Å². The van der Waals surface area contributed by atoms with E-state index in [1.807, 2.05) is 24.4 Å². The van der Waals surface area contributed by atoms with Crippen LogP contribution in [0.2, 0.25) is 0 Å². The summed E-state index contributed by atoms with van der Waals surface area (Å²) in [5.74, 6) is 0.784. The van der Waals surface area contributed by atoms with Gasteiger partial charge in [-0.1, -0.05) is 18.9 Å². The molecule has 0 saturated heterocycles. The van der Waals surface area contributed by atoms with Crippen LogP contribution < -0.4 is 5.32 Å². The second-order valence-corrected chi connectivity index (χ2v) is 5.87. The molecule has 0 amide bonds. The van der Waals surface area contributed by atoms with Crippen LogP contribution in [0.1, 0.15) is 25.7 Å². The summed E-state index contributed by atoms with van der Waals surface area (Å²) in [7, 11) is 0. The minimum Gasteiger partial charge on any atom is -0.367 e. The molecule has 1 N–H and O–H groups in total. The van der Waals surface area contributed by atoms with E-state index < -0.39 is 0 Å². The van der Waals surface area contributed by atoms with E-state index in [1.165, 1.54) is 37.8 Å². The third-order valence-electron chi connectivity index (χ3n) is 4.34. The monoisotopic (exact) mass is 295 g/mol. The maximum absolute atomic E-state index is 13.2. The summed E-state index contributed by atoms with van der Waals surface area (Å²) in [6.45, 7) is 0. The SMILES string of the molecule is Fc1ccc(-c2nc3ccccn3c2NC2CCCC2)cc1. The van der Waals surface area contributed by atoms with Gasteiger partial charge >= 0.3 is 0 Å². The molecule has 1 aliphatic carbocycles. The number of pyridine rings is 1. The summed E-state index contributed by atoms with van der Waals surface area (Å²) in [6.07, 6.45) is 6.97. The van der Waals surface area contributed by atoms with Gasteiger partial charge in [0, 0.05) is 17.8 Å². The Morgan fingerprint density at radius 3 is 2.59 bits per heavy atom. The summed E-state index contributed by atoms with van der Waals surface area (Å²) in [4.78, 5) is 4.73. The number of hydrogen-bond donors (Lipinski definition) is 1. The number of aromatic nitrogens is 2. The Labute approximate surface area is 128 Å². The van der Waals surface area contributed by atoms with Crippen LogP contribution in [0.15, 0.2) is 48.7 Å². The first-order chi connectivity index (χ1) is 10.8. The molecule has 3 nitrogen and oxygen atoms in total. The van der Waals surface area contributed by atoms with E-state index in [4.69, 9.17) is 4.98 Å². The quantitative estimate of drug-likeness (QED) is 0.771. The fraction of sp³-hybridized carbons (Fsp3) is 0.278. The Morgan fingerprint density at radius 1 is 1.05 bits per heavy atom. The summed E-state index contributed by atoms with van der Waals surface area (Å²) in [5.41, 5.74) is 2.73. The number of anilines is 1. The molecule has 4 heteroatoms. The molecule has 4 rings (SSSR count). The van der Waals surface area contributed by atoms with Crippen LogP contribution in [-0.4, -0.2) is 15.4 Å². The number of imidazole rings is 1. The molecule has 112 valence electrons. The van der Waals surface area contributed by atoms with Gasteiger partial charge in [-0.05, 0) is 49.2 Å². The molecule has 22 heavy (non-hydrogen) atoms. The molecule has 0 spiro atoms. The summed E-state index contributed by atoms with van der Waals surface area (Å²) in [6, 6.07) is 13.0. The maximum atomic E-state index is 13.2. The minimum absolute atomic E-state index is 0.224. The number of nitrogens with zero attached hydrogens (tertiary/aromatic N) is 2. The van der Waals surface area contributed by atoms with Crippen molar-refractivity contribution in [2.45, 2.75) is 31.7 Å². The van der Waals surface area contributed by atoms with E-state index >= 15 is 0 Å². The first-order valence-electron chi connectivity index (χ1n) is 7.81. The number of rotatable bonds is 3. The van der Waals surface area contributed by atoms with Crippen molar-refractivity contribution in [3.05, 3.63) is 54.5 Å². The van der Waals surface area contributed by atoms with Crippen LogP contribution in [0, 0.1) is 5.82 Å². The van der Waals surface area contributed by atoms with E-state index in [0.717, 1.165) is 22.7 Å². The van der Waals surface area contributed by atoms with Gasteiger partial charge in [-0.25, -0.2) is 9.37 Å². The third kappa shape index (κ3) is 2.34. The van der Waals surface area contributed by atoms with Gasteiger partial charge in [0.05, 0.1) is 0 Å². The van der Waals surface area contributed by atoms with Crippen molar-refractivity contribution in [2.75, 3.05) is 5.32 Å². The highest BCUT2D eigenvalue weighted by Crippen LogP contribution is 2.31. The molecule has 0 bridgehead atoms. The van der Waals surface area contributed by atoms with Gasteiger partial charge in [0.25, 0.3) is 0 Å². The Balaban J connectivity index is 1.83. The highest BCUT2D eigenvalue weighted by molar-refractivity contribution is 5.76. The van der Waals surface area contributed by atoms with Crippen molar-refractivity contribution in [2.24, 2.45) is 0 Å². The largest absolute Gasteiger partial charge is 0.367 e. The summed E-state index contributed by atoms with van der Waals surface area (Å²) < 4.78 is 15.3. The topological polar surface area (TPSA) is 29.3 Å².